The van der Waals surface area contributed by atoms with E-state index in [1.165, 1.54) is 0 Å². The summed E-state index contributed by atoms with van der Waals surface area (Å²) < 4.78 is 0.688. The van der Waals surface area contributed by atoms with Crippen molar-refractivity contribution in [2.24, 2.45) is 0 Å². The Balaban J connectivity index is 2.26. The second kappa shape index (κ2) is 7.92. The predicted octanol–water partition coefficient (Wildman–Crippen LogP) is 3.44. The molecule has 0 bridgehead atoms. The molecule has 23 heavy (non-hydrogen) atoms. The average molecular weight is 375 g/mol. The Hall–Kier alpha value is -2.14. The van der Waals surface area contributed by atoms with Crippen LogP contribution in [0.1, 0.15) is 35.8 Å². The Bertz CT molecular complexity index is 686. The van der Waals surface area contributed by atoms with E-state index in [2.05, 4.69) is 26.6 Å². The Kier molecular flexibility index (Phi) is 5.93. The molecular formula is C18H19BrN2O2. The van der Waals surface area contributed by atoms with Crippen molar-refractivity contribution >= 4 is 27.7 Å². The van der Waals surface area contributed by atoms with Crippen molar-refractivity contribution < 1.29 is 9.59 Å². The number of carbonyl (C=O) groups is 2. The molecule has 0 saturated heterocycles. The van der Waals surface area contributed by atoms with Crippen LogP contribution in [0.15, 0.2) is 59.1 Å². The van der Waals surface area contributed by atoms with E-state index >= 15 is 0 Å². The monoisotopic (exact) mass is 374 g/mol. The molecule has 0 aromatic heterocycles. The van der Waals surface area contributed by atoms with Crippen LogP contribution < -0.4 is 10.6 Å². The first-order chi connectivity index (χ1) is 11.0. The van der Waals surface area contributed by atoms with Crippen LogP contribution in [-0.2, 0) is 4.79 Å². The van der Waals surface area contributed by atoms with Gasteiger partial charge in [0.15, 0.2) is 0 Å². The van der Waals surface area contributed by atoms with Gasteiger partial charge in [0.1, 0.15) is 6.04 Å². The second-order valence-electron chi connectivity index (χ2n) is 5.46. The van der Waals surface area contributed by atoms with Gasteiger partial charge < -0.3 is 10.6 Å². The summed E-state index contributed by atoms with van der Waals surface area (Å²) in [5.74, 6) is -0.531. The molecule has 0 radical (unpaired) electrons. The van der Waals surface area contributed by atoms with Gasteiger partial charge >= 0.3 is 0 Å². The lowest BCUT2D eigenvalue weighted by Gasteiger charge is -2.20. The summed E-state index contributed by atoms with van der Waals surface area (Å²) in [4.78, 5) is 25.0. The minimum atomic E-state index is -0.738. The van der Waals surface area contributed by atoms with Crippen molar-refractivity contribution in [2.45, 2.75) is 25.9 Å². The van der Waals surface area contributed by atoms with Gasteiger partial charge in [0.05, 0.1) is 5.56 Å². The number of carbonyl (C=O) groups excluding carboxylic acids is 2. The van der Waals surface area contributed by atoms with Crippen molar-refractivity contribution in [1.82, 2.24) is 10.6 Å². The van der Waals surface area contributed by atoms with Crippen molar-refractivity contribution in [3.05, 3.63) is 70.2 Å². The van der Waals surface area contributed by atoms with Crippen LogP contribution in [0.4, 0.5) is 0 Å². The molecule has 0 fully saturated rings. The molecule has 4 nitrogen and oxygen atoms in total. The highest BCUT2D eigenvalue weighted by molar-refractivity contribution is 9.10. The van der Waals surface area contributed by atoms with Crippen LogP contribution in [0.2, 0.25) is 0 Å². The van der Waals surface area contributed by atoms with E-state index < -0.39 is 6.04 Å². The quantitative estimate of drug-likeness (QED) is 0.841. The first kappa shape index (κ1) is 17.2. The lowest BCUT2D eigenvalue weighted by atomic mass is 10.0. The Morgan fingerprint density at radius 1 is 0.913 bits per heavy atom. The van der Waals surface area contributed by atoms with Gasteiger partial charge in [0.2, 0.25) is 5.91 Å². The van der Waals surface area contributed by atoms with Gasteiger partial charge in [-0.1, -0.05) is 42.5 Å². The van der Waals surface area contributed by atoms with E-state index in [1.807, 2.05) is 50.2 Å². The van der Waals surface area contributed by atoms with Crippen molar-refractivity contribution in [1.29, 1.82) is 0 Å². The summed E-state index contributed by atoms with van der Waals surface area (Å²) in [5, 5.41) is 5.66. The van der Waals surface area contributed by atoms with Gasteiger partial charge in [-0.05, 0) is 47.5 Å². The summed E-state index contributed by atoms with van der Waals surface area (Å²) in [5.41, 5.74) is 1.23. The maximum Gasteiger partial charge on any atom is 0.253 e. The maximum atomic E-state index is 12.5. The number of benzene rings is 2. The normalized spacial score (nSPS) is 11.8. The molecule has 0 heterocycles. The van der Waals surface area contributed by atoms with Crippen molar-refractivity contribution in [3.8, 4) is 0 Å². The largest absolute Gasteiger partial charge is 0.352 e. The van der Waals surface area contributed by atoms with E-state index in [0.29, 0.717) is 10.0 Å². The van der Waals surface area contributed by atoms with Crippen LogP contribution in [0.25, 0.3) is 0 Å². The fourth-order valence-corrected chi connectivity index (χ4v) is 2.63. The van der Waals surface area contributed by atoms with Crippen LogP contribution in [0, 0.1) is 0 Å². The molecule has 5 heteroatoms. The van der Waals surface area contributed by atoms with E-state index in [1.54, 1.807) is 18.2 Å². The van der Waals surface area contributed by atoms with Crippen LogP contribution in [0.5, 0.6) is 0 Å². The fourth-order valence-electron chi connectivity index (χ4n) is 2.17. The molecule has 0 unspecified atom stereocenters. The molecule has 2 amide bonds. The van der Waals surface area contributed by atoms with Crippen molar-refractivity contribution in [2.75, 3.05) is 0 Å². The van der Waals surface area contributed by atoms with E-state index in [-0.39, 0.29) is 17.9 Å². The zero-order valence-electron chi connectivity index (χ0n) is 13.0. The molecule has 0 spiro atoms. The summed E-state index contributed by atoms with van der Waals surface area (Å²) >= 11 is 3.36. The first-order valence-corrected chi connectivity index (χ1v) is 8.19. The first-order valence-electron chi connectivity index (χ1n) is 7.39. The van der Waals surface area contributed by atoms with Crippen molar-refractivity contribution in [3.63, 3.8) is 0 Å². The van der Waals surface area contributed by atoms with E-state index in [9.17, 15) is 9.59 Å². The number of hydrogen-bond donors (Lipinski definition) is 2. The molecule has 0 aliphatic carbocycles. The van der Waals surface area contributed by atoms with E-state index in [0.717, 1.165) is 5.56 Å². The Labute approximate surface area is 144 Å². The smallest absolute Gasteiger partial charge is 0.253 e. The zero-order valence-corrected chi connectivity index (χ0v) is 14.6. The molecule has 0 aliphatic rings. The highest BCUT2D eigenvalue weighted by Crippen LogP contribution is 2.18. The zero-order chi connectivity index (χ0) is 16.8. The number of rotatable bonds is 5. The van der Waals surface area contributed by atoms with Gasteiger partial charge in [-0.3, -0.25) is 9.59 Å². The maximum absolute atomic E-state index is 12.5. The average Bonchev–Trinajstić information content (AvgIpc) is 2.53. The topological polar surface area (TPSA) is 58.2 Å². The third-order valence-corrected chi connectivity index (χ3v) is 3.91. The highest BCUT2D eigenvalue weighted by Gasteiger charge is 2.24. The molecule has 2 N–H and O–H groups in total. The molecule has 1 atom stereocenters. The third kappa shape index (κ3) is 4.66. The number of hydrogen-bond acceptors (Lipinski definition) is 2. The van der Waals surface area contributed by atoms with Crippen LogP contribution in [-0.4, -0.2) is 17.9 Å². The van der Waals surface area contributed by atoms with Crippen LogP contribution >= 0.6 is 15.9 Å². The highest BCUT2D eigenvalue weighted by atomic mass is 79.9. The summed E-state index contributed by atoms with van der Waals surface area (Å²) in [6.07, 6.45) is 0. The number of nitrogens with one attached hydrogen (secondary N) is 2. The summed E-state index contributed by atoms with van der Waals surface area (Å²) in [6.45, 7) is 3.77. The SMILES string of the molecule is CC(C)NC(=O)[C@@H](NC(=O)c1ccccc1Br)c1ccccc1. The predicted molar refractivity (Wildman–Crippen MR) is 94.1 cm³/mol. The lowest BCUT2D eigenvalue weighted by Crippen LogP contribution is -2.42. The molecule has 2 aromatic rings. The Morgan fingerprint density at radius 2 is 1.52 bits per heavy atom. The number of amides is 2. The molecule has 120 valence electrons. The molecule has 0 aliphatic heterocycles. The third-order valence-electron chi connectivity index (χ3n) is 3.22. The van der Waals surface area contributed by atoms with Gasteiger partial charge in [-0.2, -0.15) is 0 Å². The second-order valence-corrected chi connectivity index (χ2v) is 6.31. The fraction of sp³-hybridized carbons (Fsp3) is 0.222. The molecule has 0 saturated carbocycles. The summed E-state index contributed by atoms with van der Waals surface area (Å²) in [7, 11) is 0. The van der Waals surface area contributed by atoms with Gasteiger partial charge in [-0.25, -0.2) is 0 Å². The Morgan fingerprint density at radius 3 is 2.13 bits per heavy atom. The van der Waals surface area contributed by atoms with E-state index in [4.69, 9.17) is 0 Å². The number of halogens is 1. The van der Waals surface area contributed by atoms with Crippen LogP contribution in [0.3, 0.4) is 0 Å². The lowest BCUT2D eigenvalue weighted by molar-refractivity contribution is -0.123. The summed E-state index contributed by atoms with van der Waals surface area (Å²) in [6, 6.07) is 15.6. The molecule has 2 rings (SSSR count). The molecule has 2 aromatic carbocycles. The van der Waals surface area contributed by atoms with Gasteiger partial charge in [0, 0.05) is 10.5 Å². The standard InChI is InChI=1S/C18H19BrN2O2/c1-12(2)20-18(23)16(13-8-4-3-5-9-13)21-17(22)14-10-6-7-11-15(14)19/h3-12,16H,1-2H3,(H,20,23)(H,21,22)/t16-/m0/s1. The minimum Gasteiger partial charge on any atom is -0.352 e. The van der Waals surface area contributed by atoms with Gasteiger partial charge in [-0.15, -0.1) is 0 Å². The molecular weight excluding hydrogens is 356 g/mol. The van der Waals surface area contributed by atoms with Gasteiger partial charge in [0.25, 0.3) is 5.91 Å². The minimum absolute atomic E-state index is 0.00549.